The smallest absolute Gasteiger partial charge is 0.303 e. The summed E-state index contributed by atoms with van der Waals surface area (Å²) in [6.45, 7) is 6.49. The van der Waals surface area contributed by atoms with Gasteiger partial charge in [0.05, 0.1) is 0 Å². The molecule has 78 valence electrons. The molecule has 0 bridgehead atoms. The predicted molar refractivity (Wildman–Crippen MR) is 54.4 cm³/mol. The number of rotatable bonds is 5. The Balaban J connectivity index is 4.17. The van der Waals surface area contributed by atoms with E-state index in [2.05, 4.69) is 6.58 Å². The lowest BCUT2D eigenvalue weighted by molar-refractivity contribution is -0.144. The molecule has 0 aromatic rings. The molecular formula is C11H15FO2. The molecule has 0 aliphatic heterocycles. The minimum Gasteiger partial charge on any atom is -0.458 e. The van der Waals surface area contributed by atoms with E-state index in [1.807, 2.05) is 6.92 Å². The standard InChI is InChI=1S/C11H15FO2/c1-4-10(12)7-6-8-11(5-2)14-9(3)13/h4,6-8,11H,1,5H2,2-3H3/b8-6+,10-7+. The molecule has 14 heavy (non-hydrogen) atoms. The SMILES string of the molecule is C=C/C(F)=C\C=C\C(CC)OC(C)=O. The highest BCUT2D eigenvalue weighted by Gasteiger charge is 2.03. The number of carbonyl (C=O) groups is 1. The van der Waals surface area contributed by atoms with Gasteiger partial charge in [0, 0.05) is 6.92 Å². The van der Waals surface area contributed by atoms with Gasteiger partial charge in [-0.3, -0.25) is 4.79 Å². The summed E-state index contributed by atoms with van der Waals surface area (Å²) in [7, 11) is 0. The van der Waals surface area contributed by atoms with Crippen molar-refractivity contribution >= 4 is 5.97 Å². The quantitative estimate of drug-likeness (QED) is 0.501. The average Bonchev–Trinajstić information content (AvgIpc) is 2.15. The molecule has 0 saturated carbocycles. The lowest BCUT2D eigenvalue weighted by Crippen LogP contribution is -2.11. The zero-order valence-corrected chi connectivity index (χ0v) is 8.50. The fourth-order valence-corrected chi connectivity index (χ4v) is 0.811. The third kappa shape index (κ3) is 6.17. The second kappa shape index (κ2) is 7.06. The summed E-state index contributed by atoms with van der Waals surface area (Å²) >= 11 is 0. The maximum Gasteiger partial charge on any atom is 0.303 e. The van der Waals surface area contributed by atoms with Gasteiger partial charge in [-0.1, -0.05) is 19.6 Å². The zero-order chi connectivity index (χ0) is 11.0. The van der Waals surface area contributed by atoms with Crippen LogP contribution in [0.2, 0.25) is 0 Å². The molecule has 0 aliphatic rings. The highest BCUT2D eigenvalue weighted by molar-refractivity contribution is 5.66. The Bertz CT molecular complexity index is 254. The van der Waals surface area contributed by atoms with Gasteiger partial charge in [-0.2, -0.15) is 0 Å². The van der Waals surface area contributed by atoms with Crippen molar-refractivity contribution in [2.24, 2.45) is 0 Å². The summed E-state index contributed by atoms with van der Waals surface area (Å²) in [6.07, 6.45) is 5.88. The molecular weight excluding hydrogens is 183 g/mol. The largest absolute Gasteiger partial charge is 0.458 e. The first-order valence-electron chi connectivity index (χ1n) is 4.43. The van der Waals surface area contributed by atoms with E-state index in [-0.39, 0.29) is 12.1 Å². The lowest BCUT2D eigenvalue weighted by Gasteiger charge is -2.09. The first kappa shape index (κ1) is 12.6. The van der Waals surface area contributed by atoms with E-state index < -0.39 is 5.83 Å². The van der Waals surface area contributed by atoms with Gasteiger partial charge in [0.15, 0.2) is 0 Å². The third-order valence-electron chi connectivity index (χ3n) is 1.50. The van der Waals surface area contributed by atoms with Crippen LogP contribution in [-0.2, 0) is 9.53 Å². The summed E-state index contributed by atoms with van der Waals surface area (Å²) in [5, 5.41) is 0. The van der Waals surface area contributed by atoms with Crippen molar-refractivity contribution < 1.29 is 13.9 Å². The number of allylic oxidation sites excluding steroid dienone is 4. The van der Waals surface area contributed by atoms with Gasteiger partial charge in [0.2, 0.25) is 0 Å². The minimum absolute atomic E-state index is 0.290. The molecule has 0 rings (SSSR count). The fraction of sp³-hybridized carbons (Fsp3) is 0.364. The Kier molecular flexibility index (Phi) is 6.37. The molecule has 0 fully saturated rings. The average molecular weight is 198 g/mol. The summed E-state index contributed by atoms with van der Waals surface area (Å²) in [5.41, 5.74) is 0. The topological polar surface area (TPSA) is 26.3 Å². The van der Waals surface area contributed by atoms with E-state index in [0.29, 0.717) is 6.42 Å². The van der Waals surface area contributed by atoms with Crippen LogP contribution in [-0.4, -0.2) is 12.1 Å². The van der Waals surface area contributed by atoms with E-state index in [0.717, 1.165) is 6.08 Å². The van der Waals surface area contributed by atoms with E-state index >= 15 is 0 Å². The van der Waals surface area contributed by atoms with E-state index in [4.69, 9.17) is 4.74 Å². The molecule has 0 spiro atoms. The van der Waals surface area contributed by atoms with Crippen LogP contribution in [0.4, 0.5) is 4.39 Å². The highest BCUT2D eigenvalue weighted by Crippen LogP contribution is 2.02. The number of carbonyl (C=O) groups excluding carboxylic acids is 1. The van der Waals surface area contributed by atoms with Crippen LogP contribution in [0.15, 0.2) is 36.7 Å². The van der Waals surface area contributed by atoms with Gasteiger partial charge in [-0.15, -0.1) is 0 Å². The van der Waals surface area contributed by atoms with E-state index in [1.165, 1.54) is 19.1 Å². The van der Waals surface area contributed by atoms with Crippen LogP contribution >= 0.6 is 0 Å². The number of halogens is 1. The van der Waals surface area contributed by atoms with Crippen LogP contribution in [0.25, 0.3) is 0 Å². The van der Waals surface area contributed by atoms with Gasteiger partial charge in [0.25, 0.3) is 0 Å². The van der Waals surface area contributed by atoms with Crippen LogP contribution < -0.4 is 0 Å². The van der Waals surface area contributed by atoms with E-state index in [1.54, 1.807) is 6.08 Å². The van der Waals surface area contributed by atoms with Crippen LogP contribution in [0.5, 0.6) is 0 Å². The van der Waals surface area contributed by atoms with Crippen molar-refractivity contribution in [3.05, 3.63) is 36.7 Å². The predicted octanol–water partition coefficient (Wildman–Crippen LogP) is 2.92. The van der Waals surface area contributed by atoms with Gasteiger partial charge < -0.3 is 4.74 Å². The second-order valence-corrected chi connectivity index (χ2v) is 2.70. The fourth-order valence-electron chi connectivity index (χ4n) is 0.811. The highest BCUT2D eigenvalue weighted by atomic mass is 19.1. The van der Waals surface area contributed by atoms with Gasteiger partial charge in [0.1, 0.15) is 11.9 Å². The summed E-state index contributed by atoms with van der Waals surface area (Å²) in [6, 6.07) is 0. The number of esters is 1. The van der Waals surface area contributed by atoms with E-state index in [9.17, 15) is 9.18 Å². The molecule has 0 saturated heterocycles. The summed E-state index contributed by atoms with van der Waals surface area (Å²) in [5.74, 6) is -0.756. The second-order valence-electron chi connectivity index (χ2n) is 2.70. The number of ether oxygens (including phenoxy) is 1. The molecule has 0 N–H and O–H groups in total. The van der Waals surface area contributed by atoms with Crippen molar-refractivity contribution in [2.45, 2.75) is 26.4 Å². The van der Waals surface area contributed by atoms with Crippen LogP contribution in [0, 0.1) is 0 Å². The Labute approximate surface area is 83.8 Å². The maximum absolute atomic E-state index is 12.5. The number of hydrogen-bond donors (Lipinski definition) is 0. The normalized spacial score (nSPS) is 14.1. The molecule has 0 radical (unpaired) electrons. The van der Waals surface area contributed by atoms with Gasteiger partial charge in [-0.05, 0) is 24.6 Å². The monoisotopic (exact) mass is 198 g/mol. The molecule has 1 atom stereocenters. The molecule has 0 aliphatic carbocycles. The molecule has 0 aromatic carbocycles. The van der Waals surface area contributed by atoms with Crippen molar-refractivity contribution in [2.75, 3.05) is 0 Å². The molecule has 1 unspecified atom stereocenters. The Morgan fingerprint density at radius 2 is 2.29 bits per heavy atom. The third-order valence-corrected chi connectivity index (χ3v) is 1.50. The first-order valence-corrected chi connectivity index (χ1v) is 4.43. The Hall–Kier alpha value is -1.38. The summed E-state index contributed by atoms with van der Waals surface area (Å²) in [4.78, 5) is 10.6. The van der Waals surface area contributed by atoms with Gasteiger partial charge >= 0.3 is 5.97 Å². The van der Waals surface area contributed by atoms with Crippen molar-refractivity contribution in [1.82, 2.24) is 0 Å². The molecule has 3 heteroatoms. The Morgan fingerprint density at radius 3 is 2.71 bits per heavy atom. The van der Waals surface area contributed by atoms with Crippen molar-refractivity contribution in [3.8, 4) is 0 Å². The van der Waals surface area contributed by atoms with Gasteiger partial charge in [-0.25, -0.2) is 4.39 Å². The Morgan fingerprint density at radius 1 is 1.64 bits per heavy atom. The molecule has 2 nitrogen and oxygen atoms in total. The van der Waals surface area contributed by atoms with Crippen LogP contribution in [0.1, 0.15) is 20.3 Å². The summed E-state index contributed by atoms with van der Waals surface area (Å²) < 4.78 is 17.4. The molecule has 0 amide bonds. The number of hydrogen-bond acceptors (Lipinski definition) is 2. The first-order chi connectivity index (χ1) is 6.60. The lowest BCUT2D eigenvalue weighted by atomic mass is 10.2. The maximum atomic E-state index is 12.5. The van der Waals surface area contributed by atoms with Crippen molar-refractivity contribution in [3.63, 3.8) is 0 Å². The van der Waals surface area contributed by atoms with Crippen molar-refractivity contribution in [1.29, 1.82) is 0 Å². The zero-order valence-electron chi connectivity index (χ0n) is 8.50. The van der Waals surface area contributed by atoms with Crippen LogP contribution in [0.3, 0.4) is 0 Å². The molecule has 0 aromatic heterocycles. The molecule has 0 heterocycles. The minimum atomic E-state index is -0.418.